The van der Waals surface area contributed by atoms with Crippen molar-refractivity contribution in [2.75, 3.05) is 24.3 Å². The SMILES string of the molecule is CCOC(=O)c1nc(CC)n(C(C)CS(C)=O)c1N. The molecule has 0 saturated heterocycles. The topological polar surface area (TPSA) is 87.2 Å². The molecule has 0 aliphatic heterocycles. The Balaban J connectivity index is 3.16. The minimum atomic E-state index is -0.940. The lowest BCUT2D eigenvalue weighted by atomic mass is 10.3. The van der Waals surface area contributed by atoms with Gasteiger partial charge in [0.1, 0.15) is 11.6 Å². The highest BCUT2D eigenvalue weighted by Gasteiger charge is 2.23. The van der Waals surface area contributed by atoms with Gasteiger partial charge in [0.05, 0.1) is 6.61 Å². The number of carbonyl (C=O) groups is 1. The van der Waals surface area contributed by atoms with E-state index in [0.717, 1.165) is 0 Å². The summed E-state index contributed by atoms with van der Waals surface area (Å²) in [4.78, 5) is 16.0. The molecule has 0 aliphatic rings. The van der Waals surface area contributed by atoms with Crippen LogP contribution in [-0.2, 0) is 22.0 Å². The number of nitrogens with zero attached hydrogens (tertiary/aromatic N) is 2. The van der Waals surface area contributed by atoms with Crippen molar-refractivity contribution in [2.24, 2.45) is 0 Å². The molecule has 7 heteroatoms. The van der Waals surface area contributed by atoms with Crippen LogP contribution in [0.3, 0.4) is 0 Å². The third-order valence-corrected chi connectivity index (χ3v) is 3.67. The summed E-state index contributed by atoms with van der Waals surface area (Å²) in [5.74, 6) is 0.945. The van der Waals surface area contributed by atoms with Gasteiger partial charge in [-0.2, -0.15) is 0 Å². The van der Waals surface area contributed by atoms with E-state index in [9.17, 15) is 9.00 Å². The standard InChI is InChI=1S/C12H21N3O3S/c1-5-9-14-10(12(16)18-6-2)11(13)15(9)8(3)7-19(4)17/h8H,5-7,13H2,1-4H3. The summed E-state index contributed by atoms with van der Waals surface area (Å²) in [5.41, 5.74) is 6.13. The van der Waals surface area contributed by atoms with Gasteiger partial charge in [-0.25, -0.2) is 9.78 Å². The highest BCUT2D eigenvalue weighted by molar-refractivity contribution is 7.84. The van der Waals surface area contributed by atoms with Crippen molar-refractivity contribution in [3.63, 3.8) is 0 Å². The molecular weight excluding hydrogens is 266 g/mol. The zero-order valence-corrected chi connectivity index (χ0v) is 12.6. The summed E-state index contributed by atoms with van der Waals surface area (Å²) >= 11 is 0. The quantitative estimate of drug-likeness (QED) is 0.793. The van der Waals surface area contributed by atoms with Crippen LogP contribution in [0.1, 0.15) is 43.1 Å². The molecule has 2 N–H and O–H groups in total. The Morgan fingerprint density at radius 2 is 2.16 bits per heavy atom. The van der Waals surface area contributed by atoms with Crippen LogP contribution in [-0.4, -0.2) is 38.3 Å². The lowest BCUT2D eigenvalue weighted by Crippen LogP contribution is -2.18. The molecule has 19 heavy (non-hydrogen) atoms. The molecule has 0 spiro atoms. The van der Waals surface area contributed by atoms with Crippen LogP contribution in [0.15, 0.2) is 0 Å². The minimum absolute atomic E-state index is 0.0727. The fraction of sp³-hybridized carbons (Fsp3) is 0.667. The van der Waals surface area contributed by atoms with Crippen LogP contribution in [0, 0.1) is 0 Å². The molecule has 0 bridgehead atoms. The first kappa shape index (κ1) is 15.7. The van der Waals surface area contributed by atoms with Crippen LogP contribution in [0.2, 0.25) is 0 Å². The van der Waals surface area contributed by atoms with Crippen molar-refractivity contribution in [3.05, 3.63) is 11.5 Å². The molecule has 1 heterocycles. The number of hydrogen-bond acceptors (Lipinski definition) is 5. The van der Waals surface area contributed by atoms with Gasteiger partial charge in [-0.3, -0.25) is 4.21 Å². The van der Waals surface area contributed by atoms with E-state index in [0.29, 0.717) is 18.0 Å². The number of hydrogen-bond donors (Lipinski definition) is 1. The Hall–Kier alpha value is -1.37. The van der Waals surface area contributed by atoms with E-state index in [-0.39, 0.29) is 24.2 Å². The van der Waals surface area contributed by atoms with Gasteiger partial charge in [-0.05, 0) is 13.8 Å². The predicted octanol–water partition coefficient (Wildman–Crippen LogP) is 1.14. The second-order valence-electron chi connectivity index (χ2n) is 4.29. The van der Waals surface area contributed by atoms with E-state index in [1.807, 2.05) is 13.8 Å². The highest BCUT2D eigenvalue weighted by Crippen LogP contribution is 2.22. The fourth-order valence-corrected chi connectivity index (χ4v) is 2.83. The van der Waals surface area contributed by atoms with E-state index in [4.69, 9.17) is 10.5 Å². The molecule has 1 rings (SSSR count). The number of carbonyl (C=O) groups excluding carboxylic acids is 1. The third-order valence-electron chi connectivity index (χ3n) is 2.72. The Kier molecular flexibility index (Phi) is 5.53. The van der Waals surface area contributed by atoms with Gasteiger partial charge < -0.3 is 15.0 Å². The molecule has 0 saturated carbocycles. The summed E-state index contributed by atoms with van der Waals surface area (Å²) < 4.78 is 18.0. The van der Waals surface area contributed by atoms with Crippen molar-refractivity contribution in [1.29, 1.82) is 0 Å². The Morgan fingerprint density at radius 3 is 2.63 bits per heavy atom. The van der Waals surface area contributed by atoms with Crippen LogP contribution in [0.4, 0.5) is 5.82 Å². The number of nitrogens with two attached hydrogens (primary N) is 1. The monoisotopic (exact) mass is 287 g/mol. The predicted molar refractivity (Wildman–Crippen MR) is 75.6 cm³/mol. The van der Waals surface area contributed by atoms with Gasteiger partial charge in [-0.15, -0.1) is 0 Å². The fourth-order valence-electron chi connectivity index (χ4n) is 2.00. The highest BCUT2D eigenvalue weighted by atomic mass is 32.2. The van der Waals surface area contributed by atoms with Crippen molar-refractivity contribution in [2.45, 2.75) is 33.2 Å². The average molecular weight is 287 g/mol. The molecule has 0 aromatic carbocycles. The first-order valence-corrected chi connectivity index (χ1v) is 7.98. The second kappa shape index (κ2) is 6.70. The second-order valence-corrected chi connectivity index (χ2v) is 5.77. The molecule has 108 valence electrons. The largest absolute Gasteiger partial charge is 0.461 e. The summed E-state index contributed by atoms with van der Waals surface area (Å²) in [5, 5.41) is 0. The van der Waals surface area contributed by atoms with Crippen molar-refractivity contribution >= 4 is 22.6 Å². The lowest BCUT2D eigenvalue weighted by molar-refractivity contribution is 0.0521. The zero-order valence-electron chi connectivity index (χ0n) is 11.8. The first-order valence-electron chi connectivity index (χ1n) is 6.26. The Labute approximate surface area is 115 Å². The maximum atomic E-state index is 11.8. The van der Waals surface area contributed by atoms with Gasteiger partial charge in [-0.1, -0.05) is 6.92 Å². The summed E-state index contributed by atoms with van der Waals surface area (Å²) in [7, 11) is -0.940. The molecule has 2 unspecified atom stereocenters. The molecule has 0 aliphatic carbocycles. The number of aryl methyl sites for hydroxylation is 1. The maximum Gasteiger partial charge on any atom is 0.360 e. The van der Waals surface area contributed by atoms with E-state index < -0.39 is 16.8 Å². The van der Waals surface area contributed by atoms with Crippen LogP contribution in [0.25, 0.3) is 0 Å². The number of anilines is 1. The lowest BCUT2D eigenvalue weighted by Gasteiger charge is -2.16. The molecule has 0 radical (unpaired) electrons. The van der Waals surface area contributed by atoms with Crippen molar-refractivity contribution in [1.82, 2.24) is 9.55 Å². The molecule has 2 atom stereocenters. The smallest absolute Gasteiger partial charge is 0.360 e. The zero-order chi connectivity index (χ0) is 14.6. The number of nitrogen functional groups attached to an aromatic ring is 1. The van der Waals surface area contributed by atoms with Gasteiger partial charge >= 0.3 is 5.97 Å². The first-order chi connectivity index (χ1) is 8.92. The van der Waals surface area contributed by atoms with Gasteiger partial charge in [0, 0.05) is 35.3 Å². The molecule has 1 aromatic rings. The van der Waals surface area contributed by atoms with Crippen LogP contribution >= 0.6 is 0 Å². The Morgan fingerprint density at radius 1 is 1.53 bits per heavy atom. The summed E-state index contributed by atoms with van der Waals surface area (Å²) in [6, 6.07) is -0.0727. The Bertz CT molecular complexity index is 485. The number of esters is 1. The van der Waals surface area contributed by atoms with Gasteiger partial charge in [0.15, 0.2) is 5.69 Å². The number of ether oxygens (including phenoxy) is 1. The molecule has 0 fully saturated rings. The summed E-state index contributed by atoms with van der Waals surface area (Å²) in [6.07, 6.45) is 2.28. The van der Waals surface area contributed by atoms with Crippen LogP contribution < -0.4 is 5.73 Å². The number of rotatable bonds is 6. The van der Waals surface area contributed by atoms with Crippen molar-refractivity contribution in [3.8, 4) is 0 Å². The van der Waals surface area contributed by atoms with E-state index >= 15 is 0 Å². The van der Waals surface area contributed by atoms with E-state index in [1.165, 1.54) is 0 Å². The molecule has 1 aromatic heterocycles. The number of imidazole rings is 1. The number of aromatic nitrogens is 2. The maximum absolute atomic E-state index is 11.8. The van der Waals surface area contributed by atoms with Crippen LogP contribution in [0.5, 0.6) is 0 Å². The normalized spacial score (nSPS) is 14.1. The van der Waals surface area contributed by atoms with Gasteiger partial charge in [0.2, 0.25) is 0 Å². The van der Waals surface area contributed by atoms with E-state index in [1.54, 1.807) is 17.7 Å². The minimum Gasteiger partial charge on any atom is -0.461 e. The average Bonchev–Trinajstić information content (AvgIpc) is 2.65. The van der Waals surface area contributed by atoms with Gasteiger partial charge in [0.25, 0.3) is 0 Å². The van der Waals surface area contributed by atoms with E-state index in [2.05, 4.69) is 4.98 Å². The van der Waals surface area contributed by atoms with Crippen molar-refractivity contribution < 1.29 is 13.7 Å². The molecular formula is C12H21N3O3S. The summed E-state index contributed by atoms with van der Waals surface area (Å²) in [6.45, 7) is 5.85. The molecule has 0 amide bonds. The molecule has 6 nitrogen and oxygen atoms in total. The third kappa shape index (κ3) is 3.56.